The lowest BCUT2D eigenvalue weighted by molar-refractivity contribution is 0.108. The van der Waals surface area contributed by atoms with E-state index in [4.69, 9.17) is 4.74 Å². The van der Waals surface area contributed by atoms with E-state index in [2.05, 4.69) is 0 Å². The quantitative estimate of drug-likeness (QED) is 0.771. The van der Waals surface area contributed by atoms with E-state index in [0.717, 1.165) is 29.3 Å². The van der Waals surface area contributed by atoms with Gasteiger partial charge in [0.1, 0.15) is 11.6 Å². The van der Waals surface area contributed by atoms with Crippen LogP contribution in [0.2, 0.25) is 0 Å². The number of ether oxygens (including phenoxy) is 1. The van der Waals surface area contributed by atoms with Gasteiger partial charge in [-0.05, 0) is 31.4 Å². The summed E-state index contributed by atoms with van der Waals surface area (Å²) in [6.07, 6.45) is 2.20. The maximum atomic E-state index is 13.7. The Bertz CT molecular complexity index is 581. The topological polar surface area (TPSA) is 46.6 Å². The summed E-state index contributed by atoms with van der Waals surface area (Å²) in [4.78, 5) is 0. The molecule has 124 valence electrons. The molecule has 22 heavy (non-hydrogen) atoms. The number of hydrogen-bond donors (Lipinski definition) is 0. The van der Waals surface area contributed by atoms with Gasteiger partial charge in [0.2, 0.25) is 10.0 Å². The van der Waals surface area contributed by atoms with Crippen molar-refractivity contribution in [1.82, 2.24) is 4.31 Å². The molecule has 7 heteroatoms. The second-order valence-corrected chi connectivity index (χ2v) is 7.45. The Labute approximate surface area is 130 Å². The van der Waals surface area contributed by atoms with Crippen LogP contribution in [0.15, 0.2) is 18.2 Å². The Morgan fingerprint density at radius 2 is 2.00 bits per heavy atom. The lowest BCUT2D eigenvalue weighted by Gasteiger charge is -2.22. The first-order valence-corrected chi connectivity index (χ1v) is 9.07. The molecule has 1 fully saturated rings. The average Bonchev–Trinajstić information content (AvgIpc) is 2.98. The van der Waals surface area contributed by atoms with Crippen LogP contribution < -0.4 is 0 Å². The SMILES string of the molecule is CCN(Cc1c(F)cccc1F)S(=O)(=O)CC[C@@H]1CCCO1. The van der Waals surface area contributed by atoms with Crippen molar-refractivity contribution in [2.75, 3.05) is 18.9 Å². The van der Waals surface area contributed by atoms with Crippen molar-refractivity contribution in [2.24, 2.45) is 0 Å². The van der Waals surface area contributed by atoms with Crippen LogP contribution in [-0.2, 0) is 21.3 Å². The van der Waals surface area contributed by atoms with Gasteiger partial charge in [0.05, 0.1) is 11.9 Å². The highest BCUT2D eigenvalue weighted by Crippen LogP contribution is 2.20. The number of halogens is 2. The van der Waals surface area contributed by atoms with Gasteiger partial charge in [-0.1, -0.05) is 13.0 Å². The van der Waals surface area contributed by atoms with Crippen molar-refractivity contribution in [3.63, 3.8) is 0 Å². The van der Waals surface area contributed by atoms with E-state index in [9.17, 15) is 17.2 Å². The van der Waals surface area contributed by atoms with Crippen LogP contribution in [-0.4, -0.2) is 37.7 Å². The maximum Gasteiger partial charge on any atom is 0.214 e. The predicted octanol–water partition coefficient (Wildman–Crippen LogP) is 2.69. The van der Waals surface area contributed by atoms with Crippen LogP contribution in [0.4, 0.5) is 8.78 Å². The molecule has 1 aromatic carbocycles. The fourth-order valence-electron chi connectivity index (χ4n) is 2.55. The van der Waals surface area contributed by atoms with E-state index in [1.807, 2.05) is 0 Å². The molecule has 0 bridgehead atoms. The van der Waals surface area contributed by atoms with Crippen LogP contribution in [0.3, 0.4) is 0 Å². The molecule has 0 N–H and O–H groups in total. The van der Waals surface area contributed by atoms with Crippen LogP contribution >= 0.6 is 0 Å². The fraction of sp³-hybridized carbons (Fsp3) is 0.600. The summed E-state index contributed by atoms with van der Waals surface area (Å²) < 4.78 is 58.6. The summed E-state index contributed by atoms with van der Waals surface area (Å²) in [5.74, 6) is -1.53. The summed E-state index contributed by atoms with van der Waals surface area (Å²) in [6, 6.07) is 3.52. The minimum atomic E-state index is -3.57. The molecule has 0 aromatic heterocycles. The summed E-state index contributed by atoms with van der Waals surface area (Å²) >= 11 is 0. The Balaban J connectivity index is 2.05. The zero-order valence-corrected chi connectivity index (χ0v) is 13.4. The molecule has 2 rings (SSSR count). The summed E-state index contributed by atoms with van der Waals surface area (Å²) in [7, 11) is -3.57. The van der Waals surface area contributed by atoms with E-state index in [1.165, 1.54) is 6.07 Å². The van der Waals surface area contributed by atoms with Crippen molar-refractivity contribution in [3.05, 3.63) is 35.4 Å². The summed E-state index contributed by atoms with van der Waals surface area (Å²) in [5.41, 5.74) is -0.218. The smallest absolute Gasteiger partial charge is 0.214 e. The van der Waals surface area contributed by atoms with E-state index >= 15 is 0 Å². The zero-order chi connectivity index (χ0) is 16.2. The van der Waals surface area contributed by atoms with Gasteiger partial charge < -0.3 is 4.74 Å². The largest absolute Gasteiger partial charge is 0.378 e. The Morgan fingerprint density at radius 1 is 1.32 bits per heavy atom. The number of benzene rings is 1. The highest BCUT2D eigenvalue weighted by molar-refractivity contribution is 7.89. The van der Waals surface area contributed by atoms with Gasteiger partial charge in [0.25, 0.3) is 0 Å². The van der Waals surface area contributed by atoms with Crippen molar-refractivity contribution in [2.45, 2.75) is 38.8 Å². The monoisotopic (exact) mass is 333 g/mol. The highest BCUT2D eigenvalue weighted by Gasteiger charge is 2.26. The summed E-state index contributed by atoms with van der Waals surface area (Å²) in [6.45, 7) is 2.20. The van der Waals surface area contributed by atoms with Crippen LogP contribution in [0.1, 0.15) is 31.7 Å². The standard InChI is InChI=1S/C15H21F2NO3S/c1-2-18(11-13-14(16)6-3-7-15(13)17)22(19,20)10-8-12-5-4-9-21-12/h3,6-7,12H,2,4-5,8-11H2,1H3/t12-/m0/s1. The third-order valence-corrected chi connectivity index (χ3v) is 5.79. The van der Waals surface area contributed by atoms with Gasteiger partial charge in [0.15, 0.2) is 0 Å². The minimum Gasteiger partial charge on any atom is -0.378 e. The van der Waals surface area contributed by atoms with Gasteiger partial charge in [-0.3, -0.25) is 0 Å². The van der Waals surface area contributed by atoms with Gasteiger partial charge in [-0.15, -0.1) is 0 Å². The molecule has 1 atom stereocenters. The highest BCUT2D eigenvalue weighted by atomic mass is 32.2. The molecule has 1 aliphatic heterocycles. The van der Waals surface area contributed by atoms with E-state index in [0.29, 0.717) is 13.0 Å². The van der Waals surface area contributed by atoms with Gasteiger partial charge in [0, 0.05) is 25.3 Å². The van der Waals surface area contributed by atoms with Crippen LogP contribution in [0.5, 0.6) is 0 Å². The first-order valence-electron chi connectivity index (χ1n) is 7.46. The minimum absolute atomic E-state index is 0.0290. The van der Waals surface area contributed by atoms with Crippen molar-refractivity contribution in [3.8, 4) is 0 Å². The molecule has 1 saturated heterocycles. The van der Waals surface area contributed by atoms with Gasteiger partial charge in [-0.25, -0.2) is 17.2 Å². The average molecular weight is 333 g/mol. The molecule has 0 amide bonds. The molecule has 0 unspecified atom stereocenters. The summed E-state index contributed by atoms with van der Waals surface area (Å²) in [5, 5.41) is 0. The van der Waals surface area contributed by atoms with Crippen molar-refractivity contribution < 1.29 is 21.9 Å². The number of rotatable bonds is 7. The Hall–Kier alpha value is -1.05. The normalized spacial score (nSPS) is 19.0. The lowest BCUT2D eigenvalue weighted by atomic mass is 10.2. The third kappa shape index (κ3) is 4.24. The van der Waals surface area contributed by atoms with E-state index in [1.54, 1.807) is 6.92 Å². The molecule has 0 spiro atoms. The number of sulfonamides is 1. The molecule has 0 radical (unpaired) electrons. The Morgan fingerprint density at radius 3 is 2.55 bits per heavy atom. The van der Waals surface area contributed by atoms with Gasteiger partial charge in [-0.2, -0.15) is 4.31 Å². The molecular formula is C15H21F2NO3S. The molecule has 0 saturated carbocycles. The third-order valence-electron chi connectivity index (χ3n) is 3.86. The van der Waals surface area contributed by atoms with E-state index in [-0.39, 0.29) is 30.5 Å². The van der Waals surface area contributed by atoms with Gasteiger partial charge >= 0.3 is 0 Å². The van der Waals surface area contributed by atoms with Crippen LogP contribution in [0.25, 0.3) is 0 Å². The molecule has 1 heterocycles. The molecule has 0 aliphatic carbocycles. The number of hydrogen-bond acceptors (Lipinski definition) is 3. The Kier molecular flexibility index (Phi) is 5.88. The lowest BCUT2D eigenvalue weighted by Crippen LogP contribution is -2.34. The maximum absolute atomic E-state index is 13.7. The molecular weight excluding hydrogens is 312 g/mol. The predicted molar refractivity (Wildman–Crippen MR) is 79.8 cm³/mol. The first kappa shape index (κ1) is 17.3. The van der Waals surface area contributed by atoms with E-state index < -0.39 is 21.7 Å². The second-order valence-electron chi connectivity index (χ2n) is 5.37. The molecule has 4 nitrogen and oxygen atoms in total. The zero-order valence-electron chi connectivity index (χ0n) is 12.6. The van der Waals surface area contributed by atoms with Crippen LogP contribution in [0, 0.1) is 11.6 Å². The second kappa shape index (κ2) is 7.48. The van der Waals surface area contributed by atoms with Crippen molar-refractivity contribution >= 4 is 10.0 Å². The molecule has 1 aromatic rings. The van der Waals surface area contributed by atoms with Crippen molar-refractivity contribution in [1.29, 1.82) is 0 Å². The number of nitrogens with zero attached hydrogens (tertiary/aromatic N) is 1. The first-order chi connectivity index (χ1) is 10.4. The fourth-order valence-corrected chi connectivity index (χ4v) is 4.09. The molecule has 1 aliphatic rings.